The van der Waals surface area contributed by atoms with Crippen LogP contribution >= 0.6 is 15.9 Å². The van der Waals surface area contributed by atoms with Gasteiger partial charge in [-0.15, -0.1) is 0 Å². The number of H-pyrrole nitrogens is 1. The van der Waals surface area contributed by atoms with E-state index in [1.54, 1.807) is 0 Å². The van der Waals surface area contributed by atoms with E-state index in [2.05, 4.69) is 112 Å². The number of nitrogens with one attached hydrogen (secondary N) is 1. The van der Waals surface area contributed by atoms with Crippen LogP contribution in [0.2, 0.25) is 0 Å². The van der Waals surface area contributed by atoms with Crippen LogP contribution < -0.4 is 4.57 Å². The van der Waals surface area contributed by atoms with Crippen LogP contribution in [0.4, 0.5) is 0 Å². The lowest BCUT2D eigenvalue weighted by Crippen LogP contribution is -2.38. The summed E-state index contributed by atoms with van der Waals surface area (Å²) in [6.45, 7) is 0.858. The summed E-state index contributed by atoms with van der Waals surface area (Å²) in [6.07, 6.45) is 12.8. The Morgan fingerprint density at radius 3 is 2.46 bits per heavy atom. The van der Waals surface area contributed by atoms with Crippen molar-refractivity contribution in [1.29, 1.82) is 0 Å². The van der Waals surface area contributed by atoms with Gasteiger partial charge in [-0.05, 0) is 61.6 Å². The highest BCUT2D eigenvalue weighted by atomic mass is 79.9. The Labute approximate surface area is 151 Å². The van der Waals surface area contributed by atoms with Gasteiger partial charge in [-0.2, -0.15) is 0 Å². The van der Waals surface area contributed by atoms with Crippen molar-refractivity contribution in [3.8, 4) is 0 Å². The molecule has 117 valence electrons. The predicted octanol–water partition coefficient (Wildman–Crippen LogP) is 4.79. The van der Waals surface area contributed by atoms with Crippen LogP contribution in [0.15, 0.2) is 53.0 Å². The summed E-state index contributed by atoms with van der Waals surface area (Å²) in [5, 5.41) is 0. The topological polar surface area (TPSA) is 19.7 Å². The minimum atomic E-state index is 0.858. The van der Waals surface area contributed by atoms with Gasteiger partial charge in [0, 0.05) is 16.5 Å². The van der Waals surface area contributed by atoms with E-state index in [-0.39, 0.29) is 0 Å². The van der Waals surface area contributed by atoms with Crippen LogP contribution in [-0.4, -0.2) is 4.98 Å². The van der Waals surface area contributed by atoms with Crippen LogP contribution in [0.25, 0.3) is 23.2 Å². The molecule has 0 amide bonds. The number of halogens is 1. The molecule has 0 saturated heterocycles. The van der Waals surface area contributed by atoms with E-state index in [9.17, 15) is 0 Å². The van der Waals surface area contributed by atoms with Gasteiger partial charge in [-0.3, -0.25) is 0 Å². The second kappa shape index (κ2) is 6.94. The second-order valence-electron chi connectivity index (χ2n) is 5.79. The summed E-state index contributed by atoms with van der Waals surface area (Å²) >= 11 is 3.48. The van der Waals surface area contributed by atoms with Gasteiger partial charge < -0.3 is 0 Å². The Morgan fingerprint density at radius 2 is 1.67 bits per heavy atom. The molecule has 3 heteroatoms. The van der Waals surface area contributed by atoms with E-state index >= 15 is 0 Å². The molecule has 1 fully saturated rings. The minimum absolute atomic E-state index is 0.858. The summed E-state index contributed by atoms with van der Waals surface area (Å²) in [4.78, 5) is 3.53. The first kappa shape index (κ1) is 15.6. The molecule has 24 heavy (non-hydrogen) atoms. The Bertz CT molecular complexity index is 855. The van der Waals surface area contributed by atoms with E-state index in [4.69, 9.17) is 0 Å². The minimum Gasteiger partial charge on any atom is -0.237 e. The zero-order valence-corrected chi connectivity index (χ0v) is 14.7. The van der Waals surface area contributed by atoms with Gasteiger partial charge >= 0.3 is 0 Å². The van der Waals surface area contributed by atoms with E-state index < -0.39 is 0 Å². The van der Waals surface area contributed by atoms with Gasteiger partial charge in [0.05, 0.1) is 6.54 Å². The molecule has 0 aliphatic heterocycles. The first-order valence-electron chi connectivity index (χ1n) is 7.94. The number of imidazole rings is 1. The van der Waals surface area contributed by atoms with Crippen molar-refractivity contribution in [2.45, 2.75) is 6.54 Å². The van der Waals surface area contributed by atoms with Crippen molar-refractivity contribution in [2.75, 3.05) is 0 Å². The van der Waals surface area contributed by atoms with Crippen molar-refractivity contribution in [3.05, 3.63) is 96.0 Å². The average molecular weight is 377 g/mol. The van der Waals surface area contributed by atoms with E-state index in [1.807, 2.05) is 0 Å². The van der Waals surface area contributed by atoms with Crippen LogP contribution in [0.5, 0.6) is 0 Å². The number of rotatable bonds is 4. The molecule has 3 aromatic rings. The molecule has 1 N–H and O–H groups in total. The zero-order chi connectivity index (χ0) is 16.4. The molecule has 1 heterocycles. The largest absolute Gasteiger partial charge is 0.280 e. The van der Waals surface area contributed by atoms with Crippen LogP contribution in [-0.2, 0) is 6.54 Å². The number of nitrogens with zero attached hydrogens (tertiary/aromatic N) is 1. The second-order valence-corrected chi connectivity index (χ2v) is 6.71. The van der Waals surface area contributed by atoms with E-state index in [0.717, 1.165) is 22.4 Å². The number of hydrogen-bond donors (Lipinski definition) is 1. The molecule has 1 aliphatic carbocycles. The standard InChI is InChI=1S/C21H16BrN2/c22-18-12-9-16(10-13-18)11-14-21-23-19-7-3-4-8-20(19)24(21)15-17-5-1-2-6-17/h1-14H,15H2/p+1/b14-11+. The number of fused-ring (bicyclic) bond motifs is 1. The number of para-hydroxylation sites is 2. The molecule has 1 saturated carbocycles. The summed E-state index contributed by atoms with van der Waals surface area (Å²) in [6, 6.07) is 16.7. The van der Waals surface area contributed by atoms with Crippen molar-refractivity contribution in [1.82, 2.24) is 4.98 Å². The molecule has 0 spiro atoms. The third-order valence-electron chi connectivity index (χ3n) is 4.12. The lowest BCUT2D eigenvalue weighted by molar-refractivity contribution is -0.667. The fourth-order valence-corrected chi connectivity index (χ4v) is 3.17. The number of benzene rings is 2. The maximum atomic E-state index is 3.53. The molecule has 4 rings (SSSR count). The molecule has 2 nitrogen and oxygen atoms in total. The molecule has 5 radical (unpaired) electrons. The molecule has 1 aromatic heterocycles. The average Bonchev–Trinajstić information content (AvgIpc) is 3.23. The van der Waals surface area contributed by atoms with Gasteiger partial charge in [0.25, 0.3) is 5.82 Å². The van der Waals surface area contributed by atoms with E-state index in [1.165, 1.54) is 17.0 Å². The summed E-state index contributed by atoms with van der Waals surface area (Å²) < 4.78 is 3.41. The molecule has 1 aliphatic rings. The highest BCUT2D eigenvalue weighted by Gasteiger charge is 2.24. The van der Waals surface area contributed by atoms with Gasteiger partial charge in [-0.1, -0.05) is 40.2 Å². The molecular weight excluding hydrogens is 360 g/mol. The normalized spacial score (nSPS) is 15.7. The van der Waals surface area contributed by atoms with Crippen molar-refractivity contribution in [2.24, 2.45) is 0 Å². The van der Waals surface area contributed by atoms with Gasteiger partial charge in [0.2, 0.25) is 0 Å². The van der Waals surface area contributed by atoms with Crippen LogP contribution in [0.1, 0.15) is 11.4 Å². The Morgan fingerprint density at radius 1 is 0.917 bits per heavy atom. The Balaban J connectivity index is 1.69. The molecular formula is C21H17BrN2+. The molecule has 0 bridgehead atoms. The number of aromatic amines is 1. The van der Waals surface area contributed by atoms with Crippen LogP contribution in [0, 0.1) is 31.6 Å². The SMILES string of the molecule is Brc1ccc(/C=C/c2[nH]c3ccccc3[n+]2C[C]2[CH][CH][CH][CH]2)cc1. The zero-order valence-electron chi connectivity index (χ0n) is 13.1. The van der Waals surface area contributed by atoms with Gasteiger partial charge in [0.1, 0.15) is 0 Å². The van der Waals surface area contributed by atoms with Crippen molar-refractivity contribution < 1.29 is 4.57 Å². The van der Waals surface area contributed by atoms with Crippen LogP contribution in [0.3, 0.4) is 0 Å². The van der Waals surface area contributed by atoms with Gasteiger partial charge in [0.15, 0.2) is 11.0 Å². The fourth-order valence-electron chi connectivity index (χ4n) is 2.90. The first-order chi connectivity index (χ1) is 11.8. The molecule has 0 atom stereocenters. The summed E-state index contributed by atoms with van der Waals surface area (Å²) in [7, 11) is 0. The Kier molecular flexibility index (Phi) is 4.52. The fraction of sp³-hybridized carbons (Fsp3) is 0.0476. The summed E-state index contributed by atoms with van der Waals surface area (Å²) in [5.74, 6) is 2.41. The monoisotopic (exact) mass is 376 g/mol. The highest BCUT2D eigenvalue weighted by Crippen LogP contribution is 2.24. The maximum Gasteiger partial charge on any atom is 0.280 e. The lowest BCUT2D eigenvalue weighted by Gasteiger charge is -2.06. The smallest absolute Gasteiger partial charge is 0.237 e. The Hall–Kier alpha value is -1.87. The third-order valence-corrected chi connectivity index (χ3v) is 4.65. The predicted molar refractivity (Wildman–Crippen MR) is 102 cm³/mol. The van der Waals surface area contributed by atoms with Crippen molar-refractivity contribution in [3.63, 3.8) is 0 Å². The first-order valence-corrected chi connectivity index (χ1v) is 8.74. The third kappa shape index (κ3) is 3.32. The summed E-state index contributed by atoms with van der Waals surface area (Å²) in [5.41, 5.74) is 3.55. The number of aromatic nitrogens is 2. The quantitative estimate of drug-likeness (QED) is 0.631. The maximum absolute atomic E-state index is 3.53. The molecule has 2 aromatic carbocycles. The van der Waals surface area contributed by atoms with Gasteiger partial charge in [-0.25, -0.2) is 9.55 Å². The highest BCUT2D eigenvalue weighted by molar-refractivity contribution is 9.10. The number of hydrogen-bond acceptors (Lipinski definition) is 0. The van der Waals surface area contributed by atoms with Crippen molar-refractivity contribution >= 4 is 39.1 Å². The molecule has 0 unspecified atom stereocenters. The van der Waals surface area contributed by atoms with E-state index in [0.29, 0.717) is 0 Å². The lowest BCUT2D eigenvalue weighted by atomic mass is 10.1.